The second kappa shape index (κ2) is 6.99. The SMILES string of the molecule is CC(C)CNC(=O)CNC(=O)c1cc(Cl)ccc1N. The molecule has 2 amide bonds. The van der Waals surface area contributed by atoms with Crippen LogP contribution in [0.25, 0.3) is 0 Å². The molecule has 0 radical (unpaired) electrons. The van der Waals surface area contributed by atoms with Gasteiger partial charge in [-0.1, -0.05) is 25.4 Å². The predicted octanol–water partition coefficient (Wildman–Crippen LogP) is 1.42. The zero-order valence-corrected chi connectivity index (χ0v) is 11.8. The van der Waals surface area contributed by atoms with E-state index in [4.69, 9.17) is 17.3 Å². The molecule has 0 unspecified atom stereocenters. The summed E-state index contributed by atoms with van der Waals surface area (Å²) in [6, 6.07) is 4.62. The Morgan fingerprint density at radius 2 is 2.00 bits per heavy atom. The third-order valence-electron chi connectivity index (χ3n) is 2.38. The van der Waals surface area contributed by atoms with E-state index in [0.29, 0.717) is 23.2 Å². The summed E-state index contributed by atoms with van der Waals surface area (Å²) < 4.78 is 0. The molecule has 1 aromatic rings. The van der Waals surface area contributed by atoms with Crippen molar-refractivity contribution < 1.29 is 9.59 Å². The Hall–Kier alpha value is -1.75. The van der Waals surface area contributed by atoms with Crippen LogP contribution >= 0.6 is 11.6 Å². The predicted molar refractivity (Wildman–Crippen MR) is 76.0 cm³/mol. The lowest BCUT2D eigenvalue weighted by atomic mass is 10.1. The van der Waals surface area contributed by atoms with Crippen LogP contribution in [0.15, 0.2) is 18.2 Å². The van der Waals surface area contributed by atoms with E-state index in [-0.39, 0.29) is 18.0 Å². The first kappa shape index (κ1) is 15.3. The average Bonchev–Trinajstić information content (AvgIpc) is 2.36. The summed E-state index contributed by atoms with van der Waals surface area (Å²) in [5.41, 5.74) is 6.27. The molecule has 0 aliphatic rings. The summed E-state index contributed by atoms with van der Waals surface area (Å²) in [6.45, 7) is 4.47. The van der Waals surface area contributed by atoms with Crippen molar-refractivity contribution in [3.05, 3.63) is 28.8 Å². The number of carbonyl (C=O) groups is 2. The van der Waals surface area contributed by atoms with E-state index in [2.05, 4.69) is 10.6 Å². The minimum Gasteiger partial charge on any atom is -0.398 e. The maximum atomic E-state index is 11.8. The highest BCUT2D eigenvalue weighted by Gasteiger charge is 2.11. The van der Waals surface area contributed by atoms with E-state index in [9.17, 15) is 9.59 Å². The number of anilines is 1. The number of nitrogen functional groups attached to an aromatic ring is 1. The van der Waals surface area contributed by atoms with Gasteiger partial charge in [0.25, 0.3) is 5.91 Å². The maximum absolute atomic E-state index is 11.8. The van der Waals surface area contributed by atoms with E-state index in [0.717, 1.165) is 0 Å². The summed E-state index contributed by atoms with van der Waals surface area (Å²) in [7, 11) is 0. The van der Waals surface area contributed by atoms with Gasteiger partial charge in [0, 0.05) is 17.3 Å². The van der Waals surface area contributed by atoms with Gasteiger partial charge in [-0.15, -0.1) is 0 Å². The fourth-order valence-electron chi connectivity index (χ4n) is 1.36. The van der Waals surface area contributed by atoms with Crippen LogP contribution < -0.4 is 16.4 Å². The number of halogens is 1. The average molecular weight is 284 g/mol. The van der Waals surface area contributed by atoms with Crippen LogP contribution in [0.3, 0.4) is 0 Å². The Morgan fingerprint density at radius 1 is 1.32 bits per heavy atom. The fourth-order valence-corrected chi connectivity index (χ4v) is 1.53. The standard InChI is InChI=1S/C13H18ClN3O2/c1-8(2)6-16-12(18)7-17-13(19)10-5-9(14)3-4-11(10)15/h3-5,8H,6-7,15H2,1-2H3,(H,16,18)(H,17,19). The van der Waals surface area contributed by atoms with Crippen molar-refractivity contribution >= 4 is 29.1 Å². The van der Waals surface area contributed by atoms with Crippen molar-refractivity contribution in [2.45, 2.75) is 13.8 Å². The quantitative estimate of drug-likeness (QED) is 0.715. The molecule has 0 aromatic heterocycles. The van der Waals surface area contributed by atoms with Crippen LogP contribution in [0.4, 0.5) is 5.69 Å². The maximum Gasteiger partial charge on any atom is 0.253 e. The summed E-state index contributed by atoms with van der Waals surface area (Å²) in [5.74, 6) is -0.287. The molecule has 6 heteroatoms. The molecule has 1 aromatic carbocycles. The fraction of sp³-hybridized carbons (Fsp3) is 0.385. The number of nitrogens with two attached hydrogens (primary N) is 1. The zero-order valence-electron chi connectivity index (χ0n) is 11.0. The van der Waals surface area contributed by atoms with Gasteiger partial charge in [-0.05, 0) is 24.1 Å². The van der Waals surface area contributed by atoms with Crippen molar-refractivity contribution in [3.63, 3.8) is 0 Å². The molecule has 0 saturated heterocycles. The second-order valence-corrected chi connectivity index (χ2v) is 5.05. The van der Waals surface area contributed by atoms with Crippen LogP contribution in [-0.2, 0) is 4.79 Å². The van der Waals surface area contributed by atoms with Crippen molar-refractivity contribution in [2.24, 2.45) is 5.92 Å². The molecule has 104 valence electrons. The number of carbonyl (C=O) groups excluding carboxylic acids is 2. The first-order chi connectivity index (χ1) is 8.90. The Kier molecular flexibility index (Phi) is 5.63. The van der Waals surface area contributed by atoms with E-state index in [1.807, 2.05) is 13.8 Å². The van der Waals surface area contributed by atoms with Crippen LogP contribution in [0.2, 0.25) is 5.02 Å². The lowest BCUT2D eigenvalue weighted by Gasteiger charge is -2.09. The van der Waals surface area contributed by atoms with E-state index < -0.39 is 5.91 Å². The number of hydrogen-bond acceptors (Lipinski definition) is 3. The van der Waals surface area contributed by atoms with E-state index in [1.54, 1.807) is 12.1 Å². The molecule has 0 spiro atoms. The molecule has 0 aliphatic heterocycles. The zero-order chi connectivity index (χ0) is 14.4. The van der Waals surface area contributed by atoms with Crippen LogP contribution in [0.5, 0.6) is 0 Å². The number of benzene rings is 1. The highest BCUT2D eigenvalue weighted by Crippen LogP contribution is 2.17. The molecule has 5 nitrogen and oxygen atoms in total. The van der Waals surface area contributed by atoms with Crippen molar-refractivity contribution in [2.75, 3.05) is 18.8 Å². The van der Waals surface area contributed by atoms with Crippen molar-refractivity contribution in [1.29, 1.82) is 0 Å². The second-order valence-electron chi connectivity index (χ2n) is 4.61. The molecule has 0 aliphatic carbocycles. The van der Waals surface area contributed by atoms with Crippen LogP contribution in [-0.4, -0.2) is 24.9 Å². The highest BCUT2D eigenvalue weighted by atomic mass is 35.5. The smallest absolute Gasteiger partial charge is 0.253 e. The van der Waals surface area contributed by atoms with Crippen LogP contribution in [0, 0.1) is 5.92 Å². The van der Waals surface area contributed by atoms with E-state index >= 15 is 0 Å². The van der Waals surface area contributed by atoms with Crippen molar-refractivity contribution in [3.8, 4) is 0 Å². The molecule has 19 heavy (non-hydrogen) atoms. The molecule has 0 fully saturated rings. The first-order valence-electron chi connectivity index (χ1n) is 6.00. The number of rotatable bonds is 5. The Morgan fingerprint density at radius 3 is 2.63 bits per heavy atom. The van der Waals surface area contributed by atoms with Gasteiger partial charge in [0.2, 0.25) is 5.91 Å². The Balaban J connectivity index is 2.51. The Labute approximate surface area is 117 Å². The minimum absolute atomic E-state index is 0.0858. The number of amides is 2. The number of hydrogen-bond donors (Lipinski definition) is 3. The van der Waals surface area contributed by atoms with Gasteiger partial charge in [-0.2, -0.15) is 0 Å². The molecule has 0 atom stereocenters. The van der Waals surface area contributed by atoms with Gasteiger partial charge >= 0.3 is 0 Å². The van der Waals surface area contributed by atoms with Crippen LogP contribution in [0.1, 0.15) is 24.2 Å². The molecular formula is C13H18ClN3O2. The van der Waals surface area contributed by atoms with Gasteiger partial charge in [0.05, 0.1) is 12.1 Å². The summed E-state index contributed by atoms with van der Waals surface area (Å²) in [4.78, 5) is 23.3. The van der Waals surface area contributed by atoms with E-state index in [1.165, 1.54) is 6.07 Å². The molecule has 4 N–H and O–H groups in total. The summed E-state index contributed by atoms with van der Waals surface area (Å²) in [5, 5.41) is 5.62. The highest BCUT2D eigenvalue weighted by molar-refractivity contribution is 6.31. The normalized spacial score (nSPS) is 10.3. The topological polar surface area (TPSA) is 84.2 Å². The monoisotopic (exact) mass is 283 g/mol. The van der Waals surface area contributed by atoms with Gasteiger partial charge in [0.15, 0.2) is 0 Å². The molecule has 0 saturated carbocycles. The van der Waals surface area contributed by atoms with Gasteiger partial charge < -0.3 is 16.4 Å². The van der Waals surface area contributed by atoms with Crippen molar-refractivity contribution in [1.82, 2.24) is 10.6 Å². The van der Waals surface area contributed by atoms with Gasteiger partial charge in [-0.3, -0.25) is 9.59 Å². The third kappa shape index (κ3) is 5.18. The largest absolute Gasteiger partial charge is 0.398 e. The Bertz CT molecular complexity index is 475. The number of nitrogens with one attached hydrogen (secondary N) is 2. The minimum atomic E-state index is -0.417. The van der Waals surface area contributed by atoms with Gasteiger partial charge in [-0.25, -0.2) is 0 Å². The lowest BCUT2D eigenvalue weighted by Crippen LogP contribution is -2.38. The molecule has 0 bridgehead atoms. The molecule has 0 heterocycles. The molecule has 1 rings (SSSR count). The lowest BCUT2D eigenvalue weighted by molar-refractivity contribution is -0.120. The molecular weight excluding hydrogens is 266 g/mol. The third-order valence-corrected chi connectivity index (χ3v) is 2.61. The summed E-state index contributed by atoms with van der Waals surface area (Å²) >= 11 is 5.79. The first-order valence-corrected chi connectivity index (χ1v) is 6.38. The summed E-state index contributed by atoms with van der Waals surface area (Å²) in [6.07, 6.45) is 0. The van der Waals surface area contributed by atoms with Gasteiger partial charge in [0.1, 0.15) is 0 Å².